The van der Waals surface area contributed by atoms with Gasteiger partial charge in [-0.1, -0.05) is 0 Å². The van der Waals surface area contributed by atoms with Crippen LogP contribution in [0.3, 0.4) is 0 Å². The number of aromatic nitrogens is 4. The Morgan fingerprint density at radius 3 is 3.08 bits per heavy atom. The number of imidazole rings is 1. The Morgan fingerprint density at radius 1 is 1.32 bits per heavy atom. The van der Waals surface area contributed by atoms with Crippen molar-refractivity contribution in [2.24, 2.45) is 0 Å². The maximum atomic E-state index is 12.8. The van der Waals surface area contributed by atoms with Crippen molar-refractivity contribution in [2.45, 2.75) is 31.8 Å². The maximum Gasteiger partial charge on any atom is 0.228 e. The summed E-state index contributed by atoms with van der Waals surface area (Å²) in [7, 11) is 0. The van der Waals surface area contributed by atoms with Gasteiger partial charge < -0.3 is 9.47 Å². The molecule has 0 N–H and O–H groups in total. The highest BCUT2D eigenvalue weighted by atomic mass is 32.1. The van der Waals surface area contributed by atoms with Crippen molar-refractivity contribution in [1.82, 2.24) is 24.4 Å². The number of pyridine rings is 1. The van der Waals surface area contributed by atoms with E-state index in [1.165, 1.54) is 0 Å². The zero-order chi connectivity index (χ0) is 17.1. The normalized spacial score (nSPS) is 17.1. The quantitative estimate of drug-likeness (QED) is 0.707. The molecule has 3 aromatic rings. The number of thiazole rings is 1. The first-order chi connectivity index (χ1) is 12.3. The summed E-state index contributed by atoms with van der Waals surface area (Å²) in [6, 6.07) is 4.13. The van der Waals surface area contributed by atoms with Gasteiger partial charge in [0.2, 0.25) is 5.91 Å². The zero-order valence-corrected chi connectivity index (χ0v) is 14.6. The van der Waals surface area contributed by atoms with Crippen molar-refractivity contribution >= 4 is 17.2 Å². The molecule has 1 saturated heterocycles. The number of likely N-dealkylation sites (tertiary alicyclic amines) is 1. The first-order valence-corrected chi connectivity index (χ1v) is 9.27. The predicted molar refractivity (Wildman–Crippen MR) is 96.0 cm³/mol. The van der Waals surface area contributed by atoms with E-state index in [4.69, 9.17) is 0 Å². The van der Waals surface area contributed by atoms with Gasteiger partial charge in [0.15, 0.2) is 0 Å². The smallest absolute Gasteiger partial charge is 0.228 e. The molecule has 1 atom stereocenters. The van der Waals surface area contributed by atoms with Crippen LogP contribution in [-0.2, 0) is 17.8 Å². The van der Waals surface area contributed by atoms with Crippen LogP contribution in [-0.4, -0.2) is 42.9 Å². The number of nitrogens with zero attached hydrogens (tertiary/aromatic N) is 5. The van der Waals surface area contributed by atoms with Crippen molar-refractivity contribution in [3.8, 4) is 10.6 Å². The molecule has 6 nitrogen and oxygen atoms in total. The highest BCUT2D eigenvalue weighted by Gasteiger charge is 2.29. The molecule has 0 bridgehead atoms. The van der Waals surface area contributed by atoms with Gasteiger partial charge in [-0.25, -0.2) is 9.97 Å². The van der Waals surface area contributed by atoms with E-state index in [9.17, 15) is 4.79 Å². The van der Waals surface area contributed by atoms with Gasteiger partial charge in [0.1, 0.15) is 5.01 Å². The summed E-state index contributed by atoms with van der Waals surface area (Å²) in [5, 5.41) is 2.88. The van der Waals surface area contributed by atoms with E-state index in [0.717, 1.165) is 42.2 Å². The lowest BCUT2D eigenvalue weighted by Gasteiger charge is -2.24. The largest absolute Gasteiger partial charge is 0.338 e. The fourth-order valence-electron chi connectivity index (χ4n) is 3.26. The van der Waals surface area contributed by atoms with Crippen LogP contribution in [0.15, 0.2) is 48.6 Å². The average molecular weight is 353 g/mol. The van der Waals surface area contributed by atoms with Crippen LogP contribution >= 0.6 is 11.3 Å². The maximum absolute atomic E-state index is 12.8. The SMILES string of the molecule is O=C(Cc1csc(-c2cccnc2)n1)N1CCC[C@@H]1Cn1ccnc1. The molecule has 4 heterocycles. The summed E-state index contributed by atoms with van der Waals surface area (Å²) >= 11 is 1.56. The third kappa shape index (κ3) is 3.61. The van der Waals surface area contributed by atoms with Crippen molar-refractivity contribution in [2.75, 3.05) is 6.54 Å². The molecule has 0 aliphatic carbocycles. The monoisotopic (exact) mass is 353 g/mol. The third-order valence-corrected chi connectivity index (χ3v) is 5.41. The number of hydrogen-bond donors (Lipinski definition) is 0. The van der Waals surface area contributed by atoms with E-state index >= 15 is 0 Å². The van der Waals surface area contributed by atoms with Gasteiger partial charge in [-0.3, -0.25) is 9.78 Å². The van der Waals surface area contributed by atoms with Crippen molar-refractivity contribution in [3.63, 3.8) is 0 Å². The van der Waals surface area contributed by atoms with Gasteiger partial charge >= 0.3 is 0 Å². The van der Waals surface area contributed by atoms with Crippen LogP contribution < -0.4 is 0 Å². The molecule has 0 radical (unpaired) electrons. The molecular formula is C18H19N5OS. The summed E-state index contributed by atoms with van der Waals surface area (Å²) in [6.45, 7) is 1.64. The molecule has 3 aromatic heterocycles. The summed E-state index contributed by atoms with van der Waals surface area (Å²) in [5.41, 5.74) is 1.83. The first-order valence-electron chi connectivity index (χ1n) is 8.39. The Morgan fingerprint density at radius 2 is 2.28 bits per heavy atom. The molecule has 0 unspecified atom stereocenters. The number of carbonyl (C=O) groups is 1. The van der Waals surface area contributed by atoms with Gasteiger partial charge in [0.05, 0.1) is 18.4 Å². The molecule has 7 heteroatoms. The van der Waals surface area contributed by atoms with Gasteiger partial charge in [0.25, 0.3) is 0 Å². The Bertz CT molecular complexity index is 830. The van der Waals surface area contributed by atoms with Gasteiger partial charge in [0, 0.05) is 54.9 Å². The fourth-order valence-corrected chi connectivity index (χ4v) is 4.07. The molecule has 4 rings (SSSR count). The van der Waals surface area contributed by atoms with E-state index in [1.807, 2.05) is 39.5 Å². The lowest BCUT2D eigenvalue weighted by atomic mass is 10.2. The predicted octanol–water partition coefficient (Wildman–Crippen LogP) is 2.64. The summed E-state index contributed by atoms with van der Waals surface area (Å²) in [6.07, 6.45) is 11.5. The molecule has 0 aromatic carbocycles. The van der Waals surface area contributed by atoms with Crippen LogP contribution in [0.4, 0.5) is 0 Å². The third-order valence-electron chi connectivity index (χ3n) is 4.47. The minimum absolute atomic E-state index is 0.158. The van der Waals surface area contributed by atoms with Crippen molar-refractivity contribution < 1.29 is 4.79 Å². The number of hydrogen-bond acceptors (Lipinski definition) is 5. The molecule has 1 amide bonds. The lowest BCUT2D eigenvalue weighted by molar-refractivity contribution is -0.131. The molecule has 0 spiro atoms. The number of rotatable bonds is 5. The zero-order valence-electron chi connectivity index (χ0n) is 13.8. The Hall–Kier alpha value is -2.54. The molecule has 1 aliphatic heterocycles. The van der Waals surface area contributed by atoms with E-state index in [-0.39, 0.29) is 11.9 Å². The van der Waals surface area contributed by atoms with Crippen molar-refractivity contribution in [3.05, 3.63) is 54.3 Å². The Balaban J connectivity index is 1.42. The first kappa shape index (κ1) is 16.0. The molecule has 1 aliphatic rings. The van der Waals surface area contributed by atoms with E-state index in [0.29, 0.717) is 6.42 Å². The van der Waals surface area contributed by atoms with E-state index in [1.54, 1.807) is 29.9 Å². The van der Waals surface area contributed by atoms with Gasteiger partial charge in [-0.05, 0) is 25.0 Å². The lowest BCUT2D eigenvalue weighted by Crippen LogP contribution is -2.38. The topological polar surface area (TPSA) is 63.9 Å². The summed E-state index contributed by atoms with van der Waals surface area (Å²) < 4.78 is 2.04. The van der Waals surface area contributed by atoms with E-state index in [2.05, 4.69) is 15.0 Å². The highest BCUT2D eigenvalue weighted by Crippen LogP contribution is 2.24. The minimum Gasteiger partial charge on any atom is -0.338 e. The molecule has 128 valence electrons. The van der Waals surface area contributed by atoms with Crippen LogP contribution in [0.2, 0.25) is 0 Å². The second-order valence-electron chi connectivity index (χ2n) is 6.21. The van der Waals surface area contributed by atoms with Crippen LogP contribution in [0.25, 0.3) is 10.6 Å². The van der Waals surface area contributed by atoms with Crippen LogP contribution in [0.5, 0.6) is 0 Å². The second kappa shape index (κ2) is 7.14. The van der Waals surface area contributed by atoms with Gasteiger partial charge in [-0.2, -0.15) is 0 Å². The van der Waals surface area contributed by atoms with Crippen LogP contribution in [0.1, 0.15) is 18.5 Å². The average Bonchev–Trinajstić information content (AvgIpc) is 3.38. The second-order valence-corrected chi connectivity index (χ2v) is 7.06. The molecule has 0 saturated carbocycles. The number of carbonyl (C=O) groups excluding carboxylic acids is 1. The minimum atomic E-state index is 0.158. The van der Waals surface area contributed by atoms with Gasteiger partial charge in [-0.15, -0.1) is 11.3 Å². The summed E-state index contributed by atoms with van der Waals surface area (Å²) in [5.74, 6) is 0.158. The number of amides is 1. The molecule has 1 fully saturated rings. The molecule has 25 heavy (non-hydrogen) atoms. The van der Waals surface area contributed by atoms with Crippen LogP contribution in [0, 0.1) is 0 Å². The fraction of sp³-hybridized carbons (Fsp3) is 0.333. The summed E-state index contributed by atoms with van der Waals surface area (Å²) in [4.78, 5) is 27.6. The Labute approximate surface area is 150 Å². The van der Waals surface area contributed by atoms with Crippen molar-refractivity contribution in [1.29, 1.82) is 0 Å². The Kier molecular flexibility index (Phi) is 4.56. The standard InChI is InChI=1S/C18H19N5OS/c24-17(23-7-2-4-16(23)11-22-8-6-20-13-22)9-15-12-25-18(21-15)14-3-1-5-19-10-14/h1,3,5-6,8,10,12-13,16H,2,4,7,9,11H2/t16-/m1/s1. The highest BCUT2D eigenvalue weighted by molar-refractivity contribution is 7.13. The molecular weight excluding hydrogens is 334 g/mol. The van der Waals surface area contributed by atoms with E-state index < -0.39 is 0 Å².